The number of carbonyl (C=O) groups is 1. The van der Waals surface area contributed by atoms with E-state index in [2.05, 4.69) is 14.9 Å². The molecule has 7 nitrogen and oxygen atoms in total. The smallest absolute Gasteiger partial charge is 0.251 e. The summed E-state index contributed by atoms with van der Waals surface area (Å²) in [5.74, 6) is 1.36. The highest BCUT2D eigenvalue weighted by Crippen LogP contribution is 2.27. The largest absolute Gasteiger partial charge is 0.465 e. The monoisotopic (exact) mass is 425 g/mol. The van der Waals surface area contributed by atoms with Gasteiger partial charge in [-0.3, -0.25) is 14.4 Å². The molecule has 2 N–H and O–H groups in total. The quantitative estimate of drug-likeness (QED) is 0.710. The maximum Gasteiger partial charge on any atom is 0.251 e. The number of benzene rings is 1. The summed E-state index contributed by atoms with van der Waals surface area (Å²) in [5, 5.41) is 3.16. The average molecular weight is 426 g/mol. The normalized spacial score (nSPS) is 16.1. The van der Waals surface area contributed by atoms with Gasteiger partial charge in [-0.1, -0.05) is 11.6 Å². The molecular formula is C19H24ClN3O4S. The van der Waals surface area contributed by atoms with Crippen LogP contribution in [0.5, 0.6) is 0 Å². The first-order valence-electron chi connectivity index (χ1n) is 9.09. The van der Waals surface area contributed by atoms with E-state index in [1.165, 1.54) is 12.1 Å². The van der Waals surface area contributed by atoms with Crippen LogP contribution in [0.2, 0.25) is 5.02 Å². The number of hydrogen-bond donors (Lipinski definition) is 2. The summed E-state index contributed by atoms with van der Waals surface area (Å²) in [6, 6.07) is 8.32. The van der Waals surface area contributed by atoms with E-state index in [4.69, 9.17) is 16.0 Å². The molecule has 1 unspecified atom stereocenters. The molecule has 2 aromatic rings. The van der Waals surface area contributed by atoms with Crippen LogP contribution in [0.15, 0.2) is 34.7 Å². The minimum Gasteiger partial charge on any atom is -0.465 e. The van der Waals surface area contributed by atoms with E-state index in [9.17, 15) is 13.2 Å². The van der Waals surface area contributed by atoms with Crippen molar-refractivity contribution in [2.75, 3.05) is 30.6 Å². The Balaban J connectivity index is 1.73. The maximum absolute atomic E-state index is 12.6. The maximum atomic E-state index is 12.6. The van der Waals surface area contributed by atoms with Crippen molar-refractivity contribution in [3.8, 4) is 0 Å². The van der Waals surface area contributed by atoms with Gasteiger partial charge >= 0.3 is 0 Å². The zero-order valence-corrected chi connectivity index (χ0v) is 17.4. The molecular weight excluding hydrogens is 402 g/mol. The third-order valence-corrected chi connectivity index (χ3v) is 5.57. The van der Waals surface area contributed by atoms with Crippen LogP contribution in [0.25, 0.3) is 0 Å². The molecule has 1 aromatic heterocycles. The highest BCUT2D eigenvalue weighted by molar-refractivity contribution is 7.92. The predicted molar refractivity (Wildman–Crippen MR) is 109 cm³/mol. The Kier molecular flexibility index (Phi) is 6.32. The molecule has 1 aliphatic rings. The fourth-order valence-electron chi connectivity index (χ4n) is 3.33. The summed E-state index contributed by atoms with van der Waals surface area (Å²) in [4.78, 5) is 15.0. The molecule has 1 fully saturated rings. The number of hydrogen-bond acceptors (Lipinski definition) is 5. The van der Waals surface area contributed by atoms with E-state index < -0.39 is 10.0 Å². The number of carbonyl (C=O) groups excluding carboxylic acids is 1. The topological polar surface area (TPSA) is 91.7 Å². The number of amides is 1. The number of furan rings is 1. The number of halogens is 1. The van der Waals surface area contributed by atoms with Gasteiger partial charge in [-0.15, -0.1) is 0 Å². The van der Waals surface area contributed by atoms with Gasteiger partial charge in [0, 0.05) is 12.1 Å². The van der Waals surface area contributed by atoms with Crippen LogP contribution in [0.1, 0.15) is 40.8 Å². The molecule has 152 valence electrons. The van der Waals surface area contributed by atoms with Crippen molar-refractivity contribution < 1.29 is 17.6 Å². The van der Waals surface area contributed by atoms with Crippen molar-refractivity contribution in [3.05, 3.63) is 52.4 Å². The number of rotatable bonds is 7. The SMILES string of the molecule is Cc1ccc(C(CNC(=O)c2ccc(Cl)c(NS(C)(=O)=O)c2)N2CCCC2)o1. The van der Waals surface area contributed by atoms with E-state index in [1.54, 1.807) is 6.07 Å². The van der Waals surface area contributed by atoms with Crippen molar-refractivity contribution >= 4 is 33.2 Å². The number of aryl methyl sites for hydroxylation is 1. The second-order valence-corrected chi connectivity index (χ2v) is 9.14. The minimum absolute atomic E-state index is 0.0407. The first kappa shape index (κ1) is 20.7. The Labute approximate surface area is 170 Å². The van der Waals surface area contributed by atoms with Crippen LogP contribution in [0, 0.1) is 6.92 Å². The molecule has 28 heavy (non-hydrogen) atoms. The lowest BCUT2D eigenvalue weighted by molar-refractivity contribution is 0.0933. The van der Waals surface area contributed by atoms with Crippen LogP contribution in [-0.4, -0.2) is 45.1 Å². The molecule has 2 heterocycles. The van der Waals surface area contributed by atoms with Gasteiger partial charge in [0.25, 0.3) is 5.91 Å². The van der Waals surface area contributed by atoms with Crippen molar-refractivity contribution in [1.29, 1.82) is 0 Å². The summed E-state index contributed by atoms with van der Waals surface area (Å²) < 4.78 is 31.1. The van der Waals surface area contributed by atoms with Gasteiger partial charge in [-0.2, -0.15) is 0 Å². The van der Waals surface area contributed by atoms with E-state index in [0.717, 1.165) is 43.7 Å². The average Bonchev–Trinajstić information content (AvgIpc) is 3.28. The van der Waals surface area contributed by atoms with Gasteiger partial charge in [0.1, 0.15) is 11.5 Å². The highest BCUT2D eigenvalue weighted by Gasteiger charge is 2.26. The lowest BCUT2D eigenvalue weighted by Crippen LogP contribution is -2.36. The van der Waals surface area contributed by atoms with Gasteiger partial charge in [-0.05, 0) is 63.2 Å². The highest BCUT2D eigenvalue weighted by atomic mass is 35.5. The van der Waals surface area contributed by atoms with Gasteiger partial charge < -0.3 is 9.73 Å². The molecule has 0 bridgehead atoms. The molecule has 1 amide bonds. The number of likely N-dealkylation sites (tertiary alicyclic amines) is 1. The predicted octanol–water partition coefficient (Wildman–Crippen LogP) is 3.18. The molecule has 0 spiro atoms. The molecule has 0 aliphatic carbocycles. The van der Waals surface area contributed by atoms with E-state index in [0.29, 0.717) is 12.1 Å². The minimum atomic E-state index is -3.50. The molecule has 3 rings (SSSR count). The standard InChI is InChI=1S/C19H24ClN3O4S/c1-13-5-8-18(27-13)17(23-9-3-4-10-23)12-21-19(24)14-6-7-15(20)16(11-14)22-28(2,25)26/h5-8,11,17,22H,3-4,9-10,12H2,1-2H3,(H,21,24). The first-order chi connectivity index (χ1) is 13.2. The van der Waals surface area contributed by atoms with Crippen LogP contribution in [0.3, 0.4) is 0 Å². The Morgan fingerprint density at radius 2 is 1.96 bits per heavy atom. The Morgan fingerprint density at radius 3 is 2.57 bits per heavy atom. The number of nitrogens with zero attached hydrogens (tertiary/aromatic N) is 1. The van der Waals surface area contributed by atoms with Crippen LogP contribution in [0.4, 0.5) is 5.69 Å². The lowest BCUT2D eigenvalue weighted by Gasteiger charge is -2.26. The summed E-state index contributed by atoms with van der Waals surface area (Å²) in [5.41, 5.74) is 0.501. The zero-order chi connectivity index (χ0) is 20.3. The van der Waals surface area contributed by atoms with Gasteiger partial charge in [-0.25, -0.2) is 8.42 Å². The first-order valence-corrected chi connectivity index (χ1v) is 11.4. The van der Waals surface area contributed by atoms with Crippen molar-refractivity contribution in [2.45, 2.75) is 25.8 Å². The van der Waals surface area contributed by atoms with Gasteiger partial charge in [0.05, 0.1) is 23.0 Å². The number of anilines is 1. The van der Waals surface area contributed by atoms with Crippen molar-refractivity contribution in [3.63, 3.8) is 0 Å². The zero-order valence-electron chi connectivity index (χ0n) is 15.9. The molecule has 1 atom stereocenters. The third kappa shape index (κ3) is 5.27. The molecule has 1 aromatic carbocycles. The Hall–Kier alpha value is -2.03. The Bertz CT molecular complexity index is 952. The fourth-order valence-corrected chi connectivity index (χ4v) is 4.12. The second kappa shape index (κ2) is 8.55. The summed E-state index contributed by atoms with van der Waals surface area (Å²) in [6.45, 7) is 4.21. The van der Waals surface area contributed by atoms with Gasteiger partial charge in [0.2, 0.25) is 10.0 Å². The van der Waals surface area contributed by atoms with E-state index >= 15 is 0 Å². The summed E-state index contributed by atoms with van der Waals surface area (Å²) in [7, 11) is -3.50. The number of sulfonamides is 1. The fraction of sp³-hybridized carbons (Fsp3) is 0.421. The molecule has 0 saturated carbocycles. The van der Waals surface area contributed by atoms with E-state index in [1.807, 2.05) is 19.1 Å². The molecule has 1 saturated heterocycles. The Morgan fingerprint density at radius 1 is 1.25 bits per heavy atom. The summed E-state index contributed by atoms with van der Waals surface area (Å²) in [6.07, 6.45) is 3.28. The third-order valence-electron chi connectivity index (χ3n) is 4.65. The van der Waals surface area contributed by atoms with E-state index in [-0.39, 0.29) is 22.7 Å². The van der Waals surface area contributed by atoms with Crippen molar-refractivity contribution in [2.24, 2.45) is 0 Å². The number of nitrogens with one attached hydrogen (secondary N) is 2. The summed E-state index contributed by atoms with van der Waals surface area (Å²) >= 11 is 6.03. The van der Waals surface area contributed by atoms with Crippen molar-refractivity contribution in [1.82, 2.24) is 10.2 Å². The lowest BCUT2D eigenvalue weighted by atomic mass is 10.1. The van der Waals surface area contributed by atoms with Crippen LogP contribution in [-0.2, 0) is 10.0 Å². The molecule has 9 heteroatoms. The molecule has 0 radical (unpaired) electrons. The molecule has 1 aliphatic heterocycles. The van der Waals surface area contributed by atoms with Crippen LogP contribution < -0.4 is 10.0 Å². The van der Waals surface area contributed by atoms with Gasteiger partial charge in [0.15, 0.2) is 0 Å². The van der Waals surface area contributed by atoms with Crippen LogP contribution >= 0.6 is 11.6 Å². The second-order valence-electron chi connectivity index (χ2n) is 6.99.